The molecule has 0 spiro atoms. The number of hydrogen-bond donors (Lipinski definition) is 8. The molecule has 0 bridgehead atoms. The Hall–Kier alpha value is -2.77. The summed E-state index contributed by atoms with van der Waals surface area (Å²) in [5.41, 5.74) is 5.59. The van der Waals surface area contributed by atoms with Crippen molar-refractivity contribution in [2.75, 3.05) is 0 Å². The van der Waals surface area contributed by atoms with Crippen LogP contribution < -0.4 is 21.7 Å². The maximum absolute atomic E-state index is 12.6. The summed E-state index contributed by atoms with van der Waals surface area (Å²) in [6.07, 6.45) is -3.36. The first-order valence-electron chi connectivity index (χ1n) is 9.66. The maximum atomic E-state index is 12.6. The van der Waals surface area contributed by atoms with Gasteiger partial charge in [0.25, 0.3) is 0 Å². The standard InChI is InChI=1S/C18H32N4O9/c1-7(2)12(16(28)22-14(9(4)24)18(30)31)20-17(29)13(8(3)23)21-15(27)10(19)5-6-11(25)26/h7-10,12-14,23-24H,5-6,19H2,1-4H3,(H,20,29)(H,21,27)(H,22,28)(H,25,26)(H,30,31). The van der Waals surface area contributed by atoms with Crippen molar-refractivity contribution >= 4 is 29.7 Å². The van der Waals surface area contributed by atoms with Crippen molar-refractivity contribution in [3.05, 3.63) is 0 Å². The molecule has 178 valence electrons. The van der Waals surface area contributed by atoms with Gasteiger partial charge in [-0.2, -0.15) is 0 Å². The summed E-state index contributed by atoms with van der Waals surface area (Å²) < 4.78 is 0. The van der Waals surface area contributed by atoms with Crippen LogP contribution in [-0.2, 0) is 24.0 Å². The van der Waals surface area contributed by atoms with Crippen molar-refractivity contribution in [1.29, 1.82) is 0 Å². The molecule has 3 amide bonds. The highest BCUT2D eigenvalue weighted by Crippen LogP contribution is 2.06. The number of aliphatic hydroxyl groups excluding tert-OH is 2. The normalized spacial score (nSPS) is 16.9. The lowest BCUT2D eigenvalue weighted by atomic mass is 10.0. The van der Waals surface area contributed by atoms with E-state index in [9.17, 15) is 34.2 Å². The molecule has 0 rings (SSSR count). The number of carbonyl (C=O) groups excluding carboxylic acids is 3. The Morgan fingerprint density at radius 3 is 1.55 bits per heavy atom. The summed E-state index contributed by atoms with van der Waals surface area (Å²) in [5.74, 6) is -5.84. The zero-order valence-electron chi connectivity index (χ0n) is 17.9. The van der Waals surface area contributed by atoms with E-state index in [2.05, 4.69) is 16.0 Å². The lowest BCUT2D eigenvalue weighted by Crippen LogP contribution is -2.61. The van der Waals surface area contributed by atoms with Crippen LogP contribution in [0.4, 0.5) is 0 Å². The number of aliphatic carboxylic acids is 2. The van der Waals surface area contributed by atoms with Crippen LogP contribution in [0.15, 0.2) is 0 Å². The van der Waals surface area contributed by atoms with Gasteiger partial charge < -0.3 is 42.1 Å². The van der Waals surface area contributed by atoms with Crippen molar-refractivity contribution in [3.8, 4) is 0 Å². The second-order valence-corrected chi connectivity index (χ2v) is 7.56. The van der Waals surface area contributed by atoms with Gasteiger partial charge >= 0.3 is 11.9 Å². The molecule has 13 heteroatoms. The van der Waals surface area contributed by atoms with Gasteiger partial charge in [-0.25, -0.2) is 4.79 Å². The Bertz CT molecular complexity index is 666. The van der Waals surface area contributed by atoms with Gasteiger partial charge in [0.05, 0.1) is 18.2 Å². The number of amides is 3. The van der Waals surface area contributed by atoms with E-state index in [1.165, 1.54) is 13.8 Å². The minimum Gasteiger partial charge on any atom is -0.481 e. The summed E-state index contributed by atoms with van der Waals surface area (Å²) >= 11 is 0. The molecule has 0 aromatic carbocycles. The molecule has 6 unspecified atom stereocenters. The number of hydrogen-bond acceptors (Lipinski definition) is 8. The highest BCUT2D eigenvalue weighted by molar-refractivity contribution is 5.94. The van der Waals surface area contributed by atoms with Crippen LogP contribution in [-0.4, -0.2) is 86.5 Å². The SMILES string of the molecule is CC(C)C(NC(=O)C(NC(=O)C(N)CCC(=O)O)C(C)O)C(=O)NC(C(=O)O)C(C)O. The van der Waals surface area contributed by atoms with Crippen molar-refractivity contribution in [1.82, 2.24) is 16.0 Å². The van der Waals surface area contributed by atoms with Gasteiger partial charge in [0.15, 0.2) is 6.04 Å². The summed E-state index contributed by atoms with van der Waals surface area (Å²) in [7, 11) is 0. The van der Waals surface area contributed by atoms with Crippen LogP contribution in [0, 0.1) is 5.92 Å². The molecule has 0 aromatic heterocycles. The molecule has 0 saturated heterocycles. The van der Waals surface area contributed by atoms with Crippen LogP contribution >= 0.6 is 0 Å². The van der Waals surface area contributed by atoms with Gasteiger partial charge in [-0.05, 0) is 26.2 Å². The van der Waals surface area contributed by atoms with E-state index in [1.54, 1.807) is 13.8 Å². The van der Waals surface area contributed by atoms with Crippen molar-refractivity contribution in [2.45, 2.75) is 76.9 Å². The molecular weight excluding hydrogens is 416 g/mol. The van der Waals surface area contributed by atoms with Crippen LogP contribution in [0.2, 0.25) is 0 Å². The second-order valence-electron chi connectivity index (χ2n) is 7.56. The molecule has 0 fully saturated rings. The molecule has 0 saturated carbocycles. The summed E-state index contributed by atoms with van der Waals surface area (Å²) in [5, 5.41) is 43.8. The van der Waals surface area contributed by atoms with Crippen LogP contribution in [0.3, 0.4) is 0 Å². The third kappa shape index (κ3) is 9.72. The first-order valence-corrected chi connectivity index (χ1v) is 9.66. The third-order valence-corrected chi connectivity index (χ3v) is 4.36. The minimum absolute atomic E-state index is 0.192. The minimum atomic E-state index is -1.61. The number of rotatable bonds is 13. The molecule has 0 aromatic rings. The Labute approximate surface area is 179 Å². The van der Waals surface area contributed by atoms with E-state index in [0.29, 0.717) is 0 Å². The number of nitrogens with two attached hydrogens (primary N) is 1. The second kappa shape index (κ2) is 12.8. The Morgan fingerprint density at radius 1 is 0.742 bits per heavy atom. The van der Waals surface area contributed by atoms with E-state index >= 15 is 0 Å². The van der Waals surface area contributed by atoms with Crippen LogP contribution in [0.25, 0.3) is 0 Å². The average molecular weight is 448 g/mol. The highest BCUT2D eigenvalue weighted by atomic mass is 16.4. The first kappa shape index (κ1) is 28.2. The molecule has 9 N–H and O–H groups in total. The lowest BCUT2D eigenvalue weighted by molar-refractivity contribution is -0.145. The molecule has 0 radical (unpaired) electrons. The van der Waals surface area contributed by atoms with Gasteiger partial charge in [0.2, 0.25) is 17.7 Å². The largest absolute Gasteiger partial charge is 0.481 e. The van der Waals surface area contributed by atoms with E-state index in [-0.39, 0.29) is 12.8 Å². The average Bonchev–Trinajstić information content (AvgIpc) is 2.64. The van der Waals surface area contributed by atoms with Gasteiger partial charge in [-0.3, -0.25) is 19.2 Å². The van der Waals surface area contributed by atoms with Gasteiger partial charge in [-0.15, -0.1) is 0 Å². The third-order valence-electron chi connectivity index (χ3n) is 4.36. The number of nitrogens with one attached hydrogen (secondary N) is 3. The number of carboxylic acid groups (broad SMARTS) is 2. The van der Waals surface area contributed by atoms with E-state index in [1.807, 2.05) is 0 Å². The van der Waals surface area contributed by atoms with E-state index in [4.69, 9.17) is 15.9 Å². The molecule has 0 heterocycles. The van der Waals surface area contributed by atoms with E-state index in [0.717, 1.165) is 0 Å². The molecule has 6 atom stereocenters. The molecule has 13 nitrogen and oxygen atoms in total. The summed E-state index contributed by atoms with van der Waals surface area (Å²) in [4.78, 5) is 59.0. The van der Waals surface area contributed by atoms with Gasteiger partial charge in [0.1, 0.15) is 12.1 Å². The topological polar surface area (TPSA) is 228 Å². The fourth-order valence-electron chi connectivity index (χ4n) is 2.49. The van der Waals surface area contributed by atoms with Crippen LogP contribution in [0.5, 0.6) is 0 Å². The van der Waals surface area contributed by atoms with Crippen LogP contribution in [0.1, 0.15) is 40.5 Å². The summed E-state index contributed by atoms with van der Waals surface area (Å²) in [6.45, 7) is 5.53. The number of aliphatic hydroxyl groups is 2. The zero-order chi connectivity index (χ0) is 24.5. The molecule has 0 aliphatic rings. The quantitative estimate of drug-likeness (QED) is 0.144. The monoisotopic (exact) mass is 448 g/mol. The van der Waals surface area contributed by atoms with E-state index < -0.39 is 72.0 Å². The fourth-order valence-corrected chi connectivity index (χ4v) is 2.49. The highest BCUT2D eigenvalue weighted by Gasteiger charge is 2.34. The predicted octanol–water partition coefficient (Wildman–Crippen LogP) is -2.86. The first-order chi connectivity index (χ1) is 14.2. The molecule has 0 aliphatic carbocycles. The molecule has 31 heavy (non-hydrogen) atoms. The number of carboxylic acids is 2. The molecule has 0 aliphatic heterocycles. The summed E-state index contributed by atoms with van der Waals surface area (Å²) in [6, 6.07) is -5.60. The number of carbonyl (C=O) groups is 5. The lowest BCUT2D eigenvalue weighted by Gasteiger charge is -2.28. The zero-order valence-corrected chi connectivity index (χ0v) is 17.9. The van der Waals surface area contributed by atoms with Crippen molar-refractivity contribution in [2.24, 2.45) is 11.7 Å². The fraction of sp³-hybridized carbons (Fsp3) is 0.722. The predicted molar refractivity (Wildman–Crippen MR) is 106 cm³/mol. The molecular formula is C18H32N4O9. The Morgan fingerprint density at radius 2 is 1.16 bits per heavy atom. The maximum Gasteiger partial charge on any atom is 0.328 e. The smallest absolute Gasteiger partial charge is 0.328 e. The van der Waals surface area contributed by atoms with Gasteiger partial charge in [0, 0.05) is 6.42 Å². The Balaban J connectivity index is 5.31. The van der Waals surface area contributed by atoms with Crippen molar-refractivity contribution in [3.63, 3.8) is 0 Å². The Kier molecular flexibility index (Phi) is 11.7. The van der Waals surface area contributed by atoms with Crippen molar-refractivity contribution < 1.29 is 44.4 Å². The van der Waals surface area contributed by atoms with Gasteiger partial charge in [-0.1, -0.05) is 13.8 Å².